The predicted octanol–water partition coefficient (Wildman–Crippen LogP) is 4.36. The zero-order chi connectivity index (χ0) is 20.1. The molecule has 0 heterocycles. The van der Waals surface area contributed by atoms with Gasteiger partial charge in [-0.3, -0.25) is 19.7 Å². The van der Waals surface area contributed by atoms with Gasteiger partial charge in [0, 0.05) is 21.7 Å². The molecule has 0 fully saturated rings. The van der Waals surface area contributed by atoms with E-state index in [1.165, 1.54) is 19.1 Å². The van der Waals surface area contributed by atoms with Crippen molar-refractivity contribution in [3.05, 3.63) is 67.7 Å². The van der Waals surface area contributed by atoms with Crippen LogP contribution in [0.1, 0.15) is 35.8 Å². The van der Waals surface area contributed by atoms with Crippen LogP contribution in [0.2, 0.25) is 10.0 Å². The van der Waals surface area contributed by atoms with Gasteiger partial charge in [0.25, 0.3) is 5.91 Å². The largest absolute Gasteiger partial charge is 0.474 e. The van der Waals surface area contributed by atoms with Crippen LogP contribution in [0.5, 0.6) is 5.75 Å². The number of halogens is 2. The number of carbonyl (C=O) groups excluding carboxylic acids is 2. The first kappa shape index (κ1) is 20.7. The molecule has 0 aliphatic heterocycles. The Morgan fingerprint density at radius 3 is 2.52 bits per heavy atom. The summed E-state index contributed by atoms with van der Waals surface area (Å²) in [5, 5.41) is 14.8. The topological polar surface area (TPSA) is 98.5 Å². The van der Waals surface area contributed by atoms with Crippen LogP contribution in [-0.4, -0.2) is 23.2 Å². The number of amides is 1. The minimum Gasteiger partial charge on any atom is -0.474 e. The number of nitro benzene ring substituents is 1. The van der Waals surface area contributed by atoms with Gasteiger partial charge < -0.3 is 10.1 Å². The number of aldehydes is 1. The molecular weight excluding hydrogens is 395 g/mol. The lowest BCUT2D eigenvalue weighted by atomic mass is 10.1. The second-order valence-corrected chi connectivity index (χ2v) is 6.60. The molecule has 2 rings (SSSR count). The molecule has 1 amide bonds. The summed E-state index contributed by atoms with van der Waals surface area (Å²) in [6.45, 7) is 3.20. The summed E-state index contributed by atoms with van der Waals surface area (Å²) in [5.74, 6) is -0.590. The highest BCUT2D eigenvalue weighted by molar-refractivity contribution is 6.35. The van der Waals surface area contributed by atoms with Gasteiger partial charge in [0.15, 0.2) is 11.9 Å². The van der Waals surface area contributed by atoms with Crippen molar-refractivity contribution in [2.75, 3.05) is 0 Å². The molecule has 0 aliphatic rings. The second kappa shape index (κ2) is 8.83. The number of hydrogen-bond donors (Lipinski definition) is 1. The fraction of sp³-hybridized carbons (Fsp3) is 0.222. The van der Waals surface area contributed by atoms with Gasteiger partial charge in [-0.2, -0.15) is 0 Å². The van der Waals surface area contributed by atoms with Crippen molar-refractivity contribution in [2.24, 2.45) is 0 Å². The number of ether oxygens (including phenoxy) is 1. The lowest BCUT2D eigenvalue weighted by molar-refractivity contribution is -0.386. The van der Waals surface area contributed by atoms with Gasteiger partial charge in [-0.05, 0) is 43.7 Å². The Hall–Kier alpha value is -2.64. The maximum Gasteiger partial charge on any atom is 0.311 e. The van der Waals surface area contributed by atoms with E-state index in [1.54, 1.807) is 25.1 Å². The van der Waals surface area contributed by atoms with Crippen molar-refractivity contribution in [3.8, 4) is 5.75 Å². The number of hydrogen-bond acceptors (Lipinski definition) is 5. The van der Waals surface area contributed by atoms with Crippen LogP contribution in [0.15, 0.2) is 36.4 Å². The lowest BCUT2D eigenvalue weighted by Crippen LogP contribution is -2.38. The zero-order valence-corrected chi connectivity index (χ0v) is 16.0. The van der Waals surface area contributed by atoms with Gasteiger partial charge in [-0.15, -0.1) is 0 Å². The van der Waals surface area contributed by atoms with Crippen molar-refractivity contribution < 1.29 is 19.2 Å². The average Bonchev–Trinajstić information content (AvgIpc) is 2.61. The highest BCUT2D eigenvalue weighted by atomic mass is 35.5. The van der Waals surface area contributed by atoms with Crippen LogP contribution in [-0.2, 0) is 4.79 Å². The average molecular weight is 411 g/mol. The third-order valence-electron chi connectivity index (χ3n) is 3.78. The molecule has 1 N–H and O–H groups in total. The number of nitro groups is 1. The molecule has 2 aromatic carbocycles. The summed E-state index contributed by atoms with van der Waals surface area (Å²) in [6, 6.07) is 8.23. The van der Waals surface area contributed by atoms with E-state index in [0.29, 0.717) is 21.9 Å². The molecule has 9 heteroatoms. The first-order valence-corrected chi connectivity index (χ1v) is 8.64. The highest BCUT2D eigenvalue weighted by Gasteiger charge is 2.23. The first-order valence-electron chi connectivity index (χ1n) is 7.88. The SMILES string of the molecule is C[C@H](NC(=O)[C@@H](C)Oc1ccc(C=O)cc1[N+](=O)[O-])c1ccc(Cl)cc1Cl. The van der Waals surface area contributed by atoms with E-state index in [4.69, 9.17) is 27.9 Å². The van der Waals surface area contributed by atoms with Gasteiger partial charge in [-0.1, -0.05) is 29.3 Å². The fourth-order valence-corrected chi connectivity index (χ4v) is 2.93. The molecule has 0 saturated heterocycles. The van der Waals surface area contributed by atoms with E-state index >= 15 is 0 Å². The summed E-state index contributed by atoms with van der Waals surface area (Å²) in [4.78, 5) is 33.6. The van der Waals surface area contributed by atoms with Crippen LogP contribution >= 0.6 is 23.2 Å². The Morgan fingerprint density at radius 2 is 1.93 bits per heavy atom. The van der Waals surface area contributed by atoms with E-state index in [1.807, 2.05) is 0 Å². The summed E-state index contributed by atoms with van der Waals surface area (Å²) < 4.78 is 5.43. The van der Waals surface area contributed by atoms with Gasteiger partial charge in [0.05, 0.1) is 11.0 Å². The lowest BCUT2D eigenvalue weighted by Gasteiger charge is -2.20. The molecule has 0 aromatic heterocycles. The van der Waals surface area contributed by atoms with Crippen LogP contribution in [0.25, 0.3) is 0 Å². The van der Waals surface area contributed by atoms with Crippen molar-refractivity contribution in [3.63, 3.8) is 0 Å². The Balaban J connectivity index is 2.11. The van der Waals surface area contributed by atoms with Crippen molar-refractivity contribution in [1.82, 2.24) is 5.32 Å². The maximum atomic E-state index is 12.4. The molecule has 27 heavy (non-hydrogen) atoms. The van der Waals surface area contributed by atoms with Crippen LogP contribution in [0.3, 0.4) is 0 Å². The van der Waals surface area contributed by atoms with E-state index in [0.717, 1.165) is 6.07 Å². The maximum absolute atomic E-state index is 12.4. The molecule has 0 radical (unpaired) electrons. The van der Waals surface area contributed by atoms with E-state index in [9.17, 15) is 19.7 Å². The zero-order valence-electron chi connectivity index (χ0n) is 14.4. The van der Waals surface area contributed by atoms with Crippen LogP contribution < -0.4 is 10.1 Å². The van der Waals surface area contributed by atoms with Crippen molar-refractivity contribution in [1.29, 1.82) is 0 Å². The molecule has 142 valence electrons. The van der Waals surface area contributed by atoms with Gasteiger partial charge in [-0.25, -0.2) is 0 Å². The summed E-state index contributed by atoms with van der Waals surface area (Å²) in [5.41, 5.74) is 0.410. The van der Waals surface area contributed by atoms with Crippen LogP contribution in [0.4, 0.5) is 5.69 Å². The number of carbonyl (C=O) groups is 2. The normalized spacial score (nSPS) is 12.7. The summed E-state index contributed by atoms with van der Waals surface area (Å²) in [6.07, 6.45) is -0.524. The third kappa shape index (κ3) is 5.18. The van der Waals surface area contributed by atoms with Gasteiger partial charge >= 0.3 is 5.69 Å². The molecule has 7 nitrogen and oxygen atoms in total. The Bertz CT molecular complexity index is 888. The second-order valence-electron chi connectivity index (χ2n) is 5.76. The van der Waals surface area contributed by atoms with Gasteiger partial charge in [0.2, 0.25) is 0 Å². The molecule has 0 spiro atoms. The Morgan fingerprint density at radius 1 is 1.22 bits per heavy atom. The number of rotatable bonds is 7. The van der Waals surface area contributed by atoms with Gasteiger partial charge in [0.1, 0.15) is 6.29 Å². The summed E-state index contributed by atoms with van der Waals surface area (Å²) >= 11 is 12.0. The highest BCUT2D eigenvalue weighted by Crippen LogP contribution is 2.29. The van der Waals surface area contributed by atoms with E-state index in [-0.39, 0.29) is 11.3 Å². The number of nitrogens with one attached hydrogen (secondary N) is 1. The molecule has 0 saturated carbocycles. The van der Waals surface area contributed by atoms with E-state index < -0.39 is 28.7 Å². The molecule has 0 bridgehead atoms. The molecule has 0 aliphatic carbocycles. The minimum absolute atomic E-state index is 0.106. The smallest absolute Gasteiger partial charge is 0.311 e. The monoisotopic (exact) mass is 410 g/mol. The van der Waals surface area contributed by atoms with E-state index in [2.05, 4.69) is 5.32 Å². The molecule has 2 aromatic rings. The quantitative estimate of drug-likeness (QED) is 0.415. The number of benzene rings is 2. The van der Waals surface area contributed by atoms with Crippen molar-refractivity contribution >= 4 is 41.1 Å². The fourth-order valence-electron chi connectivity index (χ4n) is 2.36. The molecular formula is C18H16Cl2N2O5. The Kier molecular flexibility index (Phi) is 6.76. The minimum atomic E-state index is -1.01. The van der Waals surface area contributed by atoms with Crippen LogP contribution in [0, 0.1) is 10.1 Å². The standard InChI is InChI=1S/C18H16Cl2N2O5/c1-10(14-5-4-13(19)8-15(14)20)21-18(24)11(2)27-17-6-3-12(9-23)7-16(17)22(25)26/h3-11H,1-2H3,(H,21,24)/t10-,11+/m0/s1. The Labute approximate surface area is 165 Å². The van der Waals surface area contributed by atoms with Crippen molar-refractivity contribution in [2.45, 2.75) is 26.0 Å². The third-order valence-corrected chi connectivity index (χ3v) is 4.34. The first-order chi connectivity index (χ1) is 12.7. The molecule has 0 unspecified atom stereocenters. The summed E-state index contributed by atoms with van der Waals surface area (Å²) in [7, 11) is 0. The molecule has 2 atom stereocenters. The number of nitrogens with zero attached hydrogens (tertiary/aromatic N) is 1. The predicted molar refractivity (Wildman–Crippen MR) is 102 cm³/mol.